The summed E-state index contributed by atoms with van der Waals surface area (Å²) < 4.78 is 26.6. The minimum Gasteiger partial charge on any atom is -0.436 e. The van der Waals surface area contributed by atoms with E-state index in [1.807, 2.05) is 38.1 Å². The first-order chi connectivity index (χ1) is 16.3. The number of nitrogens with zero attached hydrogens (tertiary/aromatic N) is 4. The van der Waals surface area contributed by atoms with Crippen LogP contribution in [0.3, 0.4) is 0 Å². The van der Waals surface area contributed by atoms with Crippen LogP contribution in [0.1, 0.15) is 21.7 Å². The molecule has 8 nitrogen and oxygen atoms in total. The highest BCUT2D eigenvalue weighted by molar-refractivity contribution is 5.95. The molecule has 2 saturated heterocycles. The van der Waals surface area contributed by atoms with Crippen LogP contribution in [0.4, 0.5) is 14.9 Å². The molecule has 176 valence electrons. The highest BCUT2D eigenvalue weighted by atomic mass is 19.1. The van der Waals surface area contributed by atoms with E-state index in [2.05, 4.69) is 5.10 Å². The molecular weight excluding hydrogens is 439 g/mol. The Balaban J connectivity index is 1.38. The molecule has 2 aliphatic heterocycles. The van der Waals surface area contributed by atoms with Crippen LogP contribution >= 0.6 is 0 Å². The van der Waals surface area contributed by atoms with Gasteiger partial charge in [0.25, 0.3) is 5.91 Å². The summed E-state index contributed by atoms with van der Waals surface area (Å²) in [5.74, 6) is -0.562. The molecule has 0 saturated carbocycles. The van der Waals surface area contributed by atoms with Crippen molar-refractivity contribution in [3.05, 3.63) is 77.4 Å². The fraction of sp³-hybridized carbons (Fsp3) is 0.320. The minimum absolute atomic E-state index is 0.173. The zero-order chi connectivity index (χ0) is 23.9. The van der Waals surface area contributed by atoms with Crippen LogP contribution in [0.2, 0.25) is 0 Å². The molecule has 0 N–H and O–H groups in total. The van der Waals surface area contributed by atoms with Gasteiger partial charge in [-0.3, -0.25) is 9.69 Å². The molecular formula is C25H25FN4O4. The fourth-order valence-corrected chi connectivity index (χ4v) is 4.52. The first-order valence-electron chi connectivity index (χ1n) is 11.1. The monoisotopic (exact) mass is 464 g/mol. The number of rotatable bonds is 3. The molecule has 0 aliphatic carbocycles. The Labute approximate surface area is 196 Å². The van der Waals surface area contributed by atoms with E-state index in [1.165, 1.54) is 29.2 Å². The lowest BCUT2D eigenvalue weighted by Gasteiger charge is -2.29. The molecule has 34 heavy (non-hydrogen) atoms. The van der Waals surface area contributed by atoms with Crippen LogP contribution in [0, 0.1) is 19.7 Å². The number of hydrogen-bond acceptors (Lipinski definition) is 5. The van der Waals surface area contributed by atoms with Gasteiger partial charge < -0.3 is 14.4 Å². The number of aryl methyl sites for hydroxylation is 2. The number of anilines is 1. The number of aromatic nitrogens is 2. The molecule has 2 aromatic carbocycles. The zero-order valence-electron chi connectivity index (χ0n) is 19.0. The van der Waals surface area contributed by atoms with Crippen LogP contribution < -0.4 is 4.90 Å². The highest BCUT2D eigenvalue weighted by Gasteiger charge is 2.49. The third kappa shape index (κ3) is 4.14. The Morgan fingerprint density at radius 2 is 1.85 bits per heavy atom. The van der Waals surface area contributed by atoms with Gasteiger partial charge in [-0.1, -0.05) is 6.07 Å². The van der Waals surface area contributed by atoms with Gasteiger partial charge in [-0.2, -0.15) is 5.10 Å². The predicted molar refractivity (Wildman–Crippen MR) is 123 cm³/mol. The zero-order valence-corrected chi connectivity index (χ0v) is 19.0. The molecule has 5 rings (SSSR count). The quantitative estimate of drug-likeness (QED) is 0.593. The van der Waals surface area contributed by atoms with Gasteiger partial charge in [0.2, 0.25) is 0 Å². The van der Waals surface area contributed by atoms with Crippen LogP contribution in [0.25, 0.3) is 5.69 Å². The maximum Gasteiger partial charge on any atom is 0.415 e. The number of carbonyl (C=O) groups is 2. The summed E-state index contributed by atoms with van der Waals surface area (Å²) in [6.07, 6.45) is -0.545. The molecule has 2 fully saturated rings. The third-order valence-corrected chi connectivity index (χ3v) is 6.09. The molecule has 1 unspecified atom stereocenters. The SMILES string of the molecule is Cc1cc(C)n(-c2cccc(C(=O)N3CCOCC4(C3)CN(c3ccc(F)cc3)C(=O)O4)c2)n1. The third-order valence-electron chi connectivity index (χ3n) is 6.09. The summed E-state index contributed by atoms with van der Waals surface area (Å²) in [5.41, 5.74) is 2.71. The molecule has 3 aromatic rings. The van der Waals surface area contributed by atoms with Gasteiger partial charge in [0.1, 0.15) is 5.82 Å². The molecule has 0 bridgehead atoms. The van der Waals surface area contributed by atoms with Crippen LogP contribution in [0.15, 0.2) is 54.6 Å². The summed E-state index contributed by atoms with van der Waals surface area (Å²) in [4.78, 5) is 29.3. The Hall–Kier alpha value is -3.72. The van der Waals surface area contributed by atoms with Gasteiger partial charge in [-0.25, -0.2) is 13.9 Å². The van der Waals surface area contributed by atoms with Crippen LogP contribution in [-0.4, -0.2) is 65.1 Å². The number of hydrogen-bond donors (Lipinski definition) is 0. The van der Waals surface area contributed by atoms with Gasteiger partial charge in [0.15, 0.2) is 5.60 Å². The smallest absolute Gasteiger partial charge is 0.415 e. The standard InChI is InChI=1S/C25H25FN4O4/c1-17-12-18(2)30(27-17)22-5-3-4-19(13-22)23(31)28-10-11-33-16-25(14-28)15-29(24(32)34-25)21-8-6-20(26)7-9-21/h3-9,12-13H,10-11,14-16H2,1-2H3. The predicted octanol–water partition coefficient (Wildman–Crippen LogP) is 3.50. The van der Waals surface area contributed by atoms with Crippen molar-refractivity contribution in [2.24, 2.45) is 0 Å². The Morgan fingerprint density at radius 3 is 2.59 bits per heavy atom. The van der Waals surface area contributed by atoms with Crippen LogP contribution in [-0.2, 0) is 9.47 Å². The Bertz CT molecular complexity index is 1240. The van der Waals surface area contributed by atoms with Gasteiger partial charge in [0, 0.05) is 23.5 Å². The molecule has 1 spiro atoms. The fourth-order valence-electron chi connectivity index (χ4n) is 4.52. The maximum atomic E-state index is 13.5. The molecule has 1 aromatic heterocycles. The van der Waals surface area contributed by atoms with Crippen molar-refractivity contribution in [1.82, 2.24) is 14.7 Å². The van der Waals surface area contributed by atoms with E-state index >= 15 is 0 Å². The second-order valence-electron chi connectivity index (χ2n) is 8.78. The summed E-state index contributed by atoms with van der Waals surface area (Å²) >= 11 is 0. The second kappa shape index (κ2) is 8.57. The first-order valence-corrected chi connectivity index (χ1v) is 11.1. The van der Waals surface area contributed by atoms with E-state index in [4.69, 9.17) is 9.47 Å². The van der Waals surface area contributed by atoms with E-state index in [9.17, 15) is 14.0 Å². The van der Waals surface area contributed by atoms with Crippen molar-refractivity contribution in [2.75, 3.05) is 37.7 Å². The average Bonchev–Trinajstić information content (AvgIpc) is 3.24. The first kappa shape index (κ1) is 22.1. The minimum atomic E-state index is -1.01. The van der Waals surface area contributed by atoms with Crippen molar-refractivity contribution in [2.45, 2.75) is 19.4 Å². The summed E-state index contributed by atoms with van der Waals surface area (Å²) in [6, 6.07) is 14.9. The van der Waals surface area contributed by atoms with Crippen molar-refractivity contribution in [1.29, 1.82) is 0 Å². The van der Waals surface area contributed by atoms with E-state index in [0.717, 1.165) is 17.1 Å². The largest absolute Gasteiger partial charge is 0.436 e. The molecule has 9 heteroatoms. The van der Waals surface area contributed by atoms with Gasteiger partial charge >= 0.3 is 6.09 Å². The maximum absolute atomic E-state index is 13.5. The molecule has 1 atom stereocenters. The van der Waals surface area contributed by atoms with Crippen molar-refractivity contribution in [3.8, 4) is 5.69 Å². The lowest BCUT2D eigenvalue weighted by atomic mass is 10.0. The highest BCUT2D eigenvalue weighted by Crippen LogP contribution is 2.31. The van der Waals surface area contributed by atoms with Crippen LogP contribution in [0.5, 0.6) is 0 Å². The van der Waals surface area contributed by atoms with E-state index < -0.39 is 11.7 Å². The van der Waals surface area contributed by atoms with E-state index in [-0.39, 0.29) is 31.4 Å². The summed E-state index contributed by atoms with van der Waals surface area (Å²) in [5, 5.41) is 4.50. The molecule has 3 heterocycles. The van der Waals surface area contributed by atoms with Gasteiger partial charge in [-0.05, 0) is 62.4 Å². The van der Waals surface area contributed by atoms with Gasteiger partial charge in [0.05, 0.1) is 37.7 Å². The molecule has 2 amide bonds. The topological polar surface area (TPSA) is 76.9 Å². The second-order valence-corrected chi connectivity index (χ2v) is 8.78. The normalized spacial score (nSPS) is 20.5. The lowest BCUT2D eigenvalue weighted by Crippen LogP contribution is -2.49. The number of carbonyl (C=O) groups excluding carboxylic acids is 2. The van der Waals surface area contributed by atoms with Crippen molar-refractivity contribution < 1.29 is 23.5 Å². The molecule has 0 radical (unpaired) electrons. The summed E-state index contributed by atoms with van der Waals surface area (Å²) in [6.45, 7) is 5.16. The van der Waals surface area contributed by atoms with Gasteiger partial charge in [-0.15, -0.1) is 0 Å². The number of halogens is 1. The van der Waals surface area contributed by atoms with Crippen molar-refractivity contribution in [3.63, 3.8) is 0 Å². The average molecular weight is 464 g/mol. The molecule has 2 aliphatic rings. The number of benzene rings is 2. The Kier molecular flexibility index (Phi) is 5.57. The number of ether oxygens (including phenoxy) is 2. The number of amides is 2. The van der Waals surface area contributed by atoms with E-state index in [1.54, 1.807) is 15.6 Å². The summed E-state index contributed by atoms with van der Waals surface area (Å²) in [7, 11) is 0. The van der Waals surface area contributed by atoms with E-state index in [0.29, 0.717) is 24.4 Å². The Morgan fingerprint density at radius 1 is 1.06 bits per heavy atom. The lowest BCUT2D eigenvalue weighted by molar-refractivity contribution is -0.0140. The van der Waals surface area contributed by atoms with Crippen molar-refractivity contribution >= 4 is 17.7 Å².